The van der Waals surface area contributed by atoms with Gasteiger partial charge in [0, 0.05) is 43.9 Å². The van der Waals surface area contributed by atoms with Crippen molar-refractivity contribution in [2.75, 3.05) is 54.0 Å². The monoisotopic (exact) mass is 480 g/mol. The third-order valence-electron chi connectivity index (χ3n) is 3.55. The molecule has 1 atom stereocenters. The molecule has 0 bridgehead atoms. The standard InChI is InChI=1S/C18H32N4OS.HI/c1-16(24-17-9-6-5-7-10-17)15-21-18(19-2)20-11-8-12-22(3)13-14-23-4;/h5-7,9-10,16H,8,11-15H2,1-4H3,(H2,19,20,21);1H. The quantitative estimate of drug-likeness (QED) is 0.168. The zero-order valence-corrected chi connectivity index (χ0v) is 19.0. The number of methoxy groups -OCH3 is 1. The minimum absolute atomic E-state index is 0. The molecule has 0 aliphatic heterocycles. The molecule has 0 spiro atoms. The number of benzene rings is 1. The Morgan fingerprint density at radius 3 is 2.60 bits per heavy atom. The molecule has 0 saturated carbocycles. The summed E-state index contributed by atoms with van der Waals surface area (Å²) >= 11 is 1.87. The van der Waals surface area contributed by atoms with Gasteiger partial charge in [-0.25, -0.2) is 0 Å². The smallest absolute Gasteiger partial charge is 0.191 e. The number of hydrogen-bond donors (Lipinski definition) is 2. The van der Waals surface area contributed by atoms with Gasteiger partial charge in [-0.1, -0.05) is 25.1 Å². The average Bonchev–Trinajstić information content (AvgIpc) is 2.60. The van der Waals surface area contributed by atoms with E-state index in [0.717, 1.165) is 45.2 Å². The lowest BCUT2D eigenvalue weighted by atomic mass is 10.4. The van der Waals surface area contributed by atoms with E-state index in [2.05, 4.69) is 58.8 Å². The van der Waals surface area contributed by atoms with E-state index in [1.54, 1.807) is 7.11 Å². The molecule has 1 aromatic carbocycles. The van der Waals surface area contributed by atoms with Gasteiger partial charge in [0.2, 0.25) is 0 Å². The second-order valence-corrected chi connectivity index (χ2v) is 7.28. The summed E-state index contributed by atoms with van der Waals surface area (Å²) in [6.45, 7) is 6.82. The Labute approximate surface area is 174 Å². The van der Waals surface area contributed by atoms with Crippen LogP contribution in [-0.4, -0.2) is 70.1 Å². The molecule has 144 valence electrons. The van der Waals surface area contributed by atoms with Gasteiger partial charge in [0.1, 0.15) is 0 Å². The van der Waals surface area contributed by atoms with Crippen LogP contribution < -0.4 is 10.6 Å². The minimum atomic E-state index is 0. The summed E-state index contributed by atoms with van der Waals surface area (Å²) in [6, 6.07) is 10.5. The van der Waals surface area contributed by atoms with Gasteiger partial charge in [0.25, 0.3) is 0 Å². The van der Waals surface area contributed by atoms with E-state index in [9.17, 15) is 0 Å². The van der Waals surface area contributed by atoms with Crippen molar-refractivity contribution in [2.45, 2.75) is 23.5 Å². The summed E-state index contributed by atoms with van der Waals surface area (Å²) in [4.78, 5) is 7.86. The summed E-state index contributed by atoms with van der Waals surface area (Å²) in [5.74, 6) is 0.870. The third-order valence-corrected chi connectivity index (χ3v) is 4.66. The van der Waals surface area contributed by atoms with E-state index in [0.29, 0.717) is 5.25 Å². The molecule has 0 amide bonds. The molecule has 1 rings (SSSR count). The first-order chi connectivity index (χ1) is 11.7. The third kappa shape index (κ3) is 12.5. The van der Waals surface area contributed by atoms with Crippen LogP contribution in [-0.2, 0) is 4.74 Å². The summed E-state index contributed by atoms with van der Waals surface area (Å²) in [5.41, 5.74) is 0. The van der Waals surface area contributed by atoms with Crippen LogP contribution in [0.2, 0.25) is 0 Å². The maximum Gasteiger partial charge on any atom is 0.191 e. The highest BCUT2D eigenvalue weighted by Crippen LogP contribution is 2.21. The normalized spacial score (nSPS) is 12.6. The van der Waals surface area contributed by atoms with Crippen LogP contribution in [0.25, 0.3) is 0 Å². The maximum absolute atomic E-state index is 5.08. The second kappa shape index (κ2) is 15.7. The zero-order chi connectivity index (χ0) is 17.6. The Morgan fingerprint density at radius 2 is 1.96 bits per heavy atom. The van der Waals surface area contributed by atoms with Crippen molar-refractivity contribution >= 4 is 41.7 Å². The molecular formula is C18H33IN4OS. The Balaban J connectivity index is 0.00000576. The number of nitrogens with one attached hydrogen (secondary N) is 2. The van der Waals surface area contributed by atoms with Crippen molar-refractivity contribution in [2.24, 2.45) is 4.99 Å². The van der Waals surface area contributed by atoms with E-state index >= 15 is 0 Å². The fraction of sp³-hybridized carbons (Fsp3) is 0.611. The van der Waals surface area contributed by atoms with E-state index in [1.807, 2.05) is 24.9 Å². The molecular weight excluding hydrogens is 447 g/mol. The Morgan fingerprint density at radius 1 is 1.24 bits per heavy atom. The number of aliphatic imine (C=N–C) groups is 1. The first-order valence-corrected chi connectivity index (χ1v) is 9.37. The lowest BCUT2D eigenvalue weighted by molar-refractivity contribution is 0.161. The largest absolute Gasteiger partial charge is 0.383 e. The number of ether oxygens (including phenoxy) is 1. The Kier molecular flexibility index (Phi) is 15.4. The van der Waals surface area contributed by atoms with Gasteiger partial charge in [-0.15, -0.1) is 35.7 Å². The van der Waals surface area contributed by atoms with E-state index in [4.69, 9.17) is 4.74 Å². The van der Waals surface area contributed by atoms with Crippen molar-refractivity contribution in [3.63, 3.8) is 0 Å². The number of nitrogens with zero attached hydrogens (tertiary/aromatic N) is 2. The molecule has 0 aliphatic rings. The number of rotatable bonds is 11. The van der Waals surface area contributed by atoms with Gasteiger partial charge in [0.05, 0.1) is 6.61 Å². The molecule has 0 fully saturated rings. The van der Waals surface area contributed by atoms with Gasteiger partial charge in [-0.05, 0) is 32.1 Å². The fourth-order valence-corrected chi connectivity index (χ4v) is 3.09. The molecule has 25 heavy (non-hydrogen) atoms. The van der Waals surface area contributed by atoms with Crippen molar-refractivity contribution in [3.8, 4) is 0 Å². The highest BCUT2D eigenvalue weighted by atomic mass is 127. The highest BCUT2D eigenvalue weighted by Gasteiger charge is 2.06. The molecule has 0 radical (unpaired) electrons. The van der Waals surface area contributed by atoms with Crippen molar-refractivity contribution in [1.82, 2.24) is 15.5 Å². The average molecular weight is 480 g/mol. The number of thioether (sulfide) groups is 1. The van der Waals surface area contributed by atoms with Crippen molar-refractivity contribution in [1.29, 1.82) is 0 Å². The maximum atomic E-state index is 5.08. The first kappa shape index (κ1) is 24.5. The molecule has 1 unspecified atom stereocenters. The van der Waals surface area contributed by atoms with Gasteiger partial charge < -0.3 is 20.3 Å². The van der Waals surface area contributed by atoms with E-state index in [-0.39, 0.29) is 24.0 Å². The molecule has 1 aromatic rings. The van der Waals surface area contributed by atoms with Gasteiger partial charge in [-0.3, -0.25) is 4.99 Å². The second-order valence-electron chi connectivity index (χ2n) is 5.77. The van der Waals surface area contributed by atoms with Crippen LogP contribution in [0.4, 0.5) is 0 Å². The number of halogens is 1. The van der Waals surface area contributed by atoms with E-state index in [1.165, 1.54) is 4.90 Å². The summed E-state index contributed by atoms with van der Waals surface area (Å²) in [6.07, 6.45) is 1.08. The van der Waals surface area contributed by atoms with Crippen LogP contribution in [0.1, 0.15) is 13.3 Å². The lowest BCUT2D eigenvalue weighted by Crippen LogP contribution is -2.41. The molecule has 2 N–H and O–H groups in total. The van der Waals surface area contributed by atoms with Crippen LogP contribution in [0.5, 0.6) is 0 Å². The lowest BCUT2D eigenvalue weighted by Gasteiger charge is -2.18. The molecule has 0 aromatic heterocycles. The topological polar surface area (TPSA) is 48.9 Å². The fourth-order valence-electron chi connectivity index (χ4n) is 2.15. The van der Waals surface area contributed by atoms with Crippen LogP contribution in [0, 0.1) is 0 Å². The molecule has 0 heterocycles. The Bertz CT molecular complexity index is 462. The van der Waals surface area contributed by atoms with Gasteiger partial charge in [0.15, 0.2) is 5.96 Å². The van der Waals surface area contributed by atoms with Gasteiger partial charge in [-0.2, -0.15) is 0 Å². The Hall–Kier alpha value is -0.510. The van der Waals surface area contributed by atoms with Crippen LogP contribution in [0.3, 0.4) is 0 Å². The SMILES string of the molecule is CN=C(NCCCN(C)CCOC)NCC(C)Sc1ccccc1.I. The summed E-state index contributed by atoms with van der Waals surface area (Å²) < 4.78 is 5.08. The molecule has 0 saturated heterocycles. The number of likely N-dealkylation sites (N-methyl/N-ethyl adjacent to an activating group) is 1. The molecule has 0 aliphatic carbocycles. The van der Waals surface area contributed by atoms with Gasteiger partial charge >= 0.3 is 0 Å². The van der Waals surface area contributed by atoms with Crippen LogP contribution >= 0.6 is 35.7 Å². The zero-order valence-electron chi connectivity index (χ0n) is 15.8. The predicted molar refractivity (Wildman–Crippen MR) is 121 cm³/mol. The van der Waals surface area contributed by atoms with Crippen molar-refractivity contribution in [3.05, 3.63) is 30.3 Å². The van der Waals surface area contributed by atoms with E-state index < -0.39 is 0 Å². The number of guanidine groups is 1. The highest BCUT2D eigenvalue weighted by molar-refractivity contribution is 14.0. The predicted octanol–water partition coefficient (Wildman–Crippen LogP) is 2.92. The van der Waals surface area contributed by atoms with Crippen molar-refractivity contribution < 1.29 is 4.74 Å². The first-order valence-electron chi connectivity index (χ1n) is 8.49. The minimum Gasteiger partial charge on any atom is -0.383 e. The summed E-state index contributed by atoms with van der Waals surface area (Å²) in [5, 5.41) is 7.25. The number of hydrogen-bond acceptors (Lipinski definition) is 4. The molecule has 5 nitrogen and oxygen atoms in total. The van der Waals surface area contributed by atoms with Crippen LogP contribution in [0.15, 0.2) is 40.2 Å². The summed E-state index contributed by atoms with van der Waals surface area (Å²) in [7, 11) is 5.67. The molecule has 7 heteroatoms.